The molecule has 2 rings (SSSR count). The molecule has 2 heterocycles. The number of hydrogen-bond acceptors (Lipinski definition) is 4. The van der Waals surface area contributed by atoms with Crippen LogP contribution < -0.4 is 5.32 Å². The minimum absolute atomic E-state index is 0. The number of amides is 1. The molecule has 1 radical (unpaired) electrons. The summed E-state index contributed by atoms with van der Waals surface area (Å²) in [7, 11) is 0. The van der Waals surface area contributed by atoms with Gasteiger partial charge in [0.1, 0.15) is 0 Å². The van der Waals surface area contributed by atoms with Crippen LogP contribution in [-0.2, 0) is 38.2 Å². The van der Waals surface area contributed by atoms with Crippen molar-refractivity contribution in [3.05, 3.63) is 40.8 Å². The predicted molar refractivity (Wildman–Crippen MR) is 79.4 cm³/mol. The Labute approximate surface area is 154 Å². The van der Waals surface area contributed by atoms with Crippen LogP contribution in [0, 0.1) is 12.5 Å². The molecule has 0 aliphatic heterocycles. The van der Waals surface area contributed by atoms with E-state index in [-0.39, 0.29) is 44.5 Å². The van der Waals surface area contributed by atoms with E-state index in [9.17, 15) is 4.79 Å². The van der Waals surface area contributed by atoms with Gasteiger partial charge in [0.2, 0.25) is 0 Å². The zero-order chi connectivity index (χ0) is 14.8. The molecule has 1 amide bonds. The van der Waals surface area contributed by atoms with Crippen LogP contribution >= 0.6 is 11.3 Å². The topological polar surface area (TPSA) is 59.8 Å². The fourth-order valence-corrected chi connectivity index (χ4v) is 2.48. The Morgan fingerprint density at radius 3 is 2.71 bits per heavy atom. The Hall–Kier alpha value is -0.716. The fraction of sp³-hybridized carbons (Fsp3) is 0.429. The van der Waals surface area contributed by atoms with E-state index < -0.39 is 5.54 Å². The first-order valence-corrected chi connectivity index (χ1v) is 7.48. The van der Waals surface area contributed by atoms with Gasteiger partial charge in [-0.1, -0.05) is 32.2 Å². The van der Waals surface area contributed by atoms with Crippen molar-refractivity contribution in [1.29, 1.82) is 0 Å². The van der Waals surface area contributed by atoms with E-state index >= 15 is 0 Å². The van der Waals surface area contributed by atoms with Crippen molar-refractivity contribution in [2.75, 3.05) is 0 Å². The third-order valence-electron chi connectivity index (χ3n) is 3.62. The number of carbonyl (C=O) groups excluding carboxylic acids is 1. The molecule has 2 aromatic heterocycles. The van der Waals surface area contributed by atoms with Crippen molar-refractivity contribution in [3.8, 4) is 0 Å². The zero-order valence-corrected chi connectivity index (χ0v) is 16.4. The molecule has 0 aliphatic carbocycles. The molecule has 0 aromatic carbocycles. The van der Waals surface area contributed by atoms with Crippen LogP contribution in [0.4, 0.5) is 0 Å². The summed E-state index contributed by atoms with van der Waals surface area (Å²) in [6, 6.07) is 1.82. The van der Waals surface area contributed by atoms with Crippen LogP contribution in [0.15, 0.2) is 23.0 Å². The summed E-state index contributed by atoms with van der Waals surface area (Å²) in [5.41, 5.74) is 0.880. The summed E-state index contributed by atoms with van der Waals surface area (Å²) in [6.07, 6.45) is 1.84. The van der Waals surface area contributed by atoms with Gasteiger partial charge in [-0.05, 0) is 24.3 Å². The van der Waals surface area contributed by atoms with Crippen LogP contribution in [0.25, 0.3) is 0 Å². The van der Waals surface area contributed by atoms with Gasteiger partial charge in [-0.2, -0.15) is 16.4 Å². The molecule has 0 bridgehead atoms. The van der Waals surface area contributed by atoms with E-state index in [4.69, 9.17) is 0 Å². The Bertz CT molecular complexity index is 582. The first kappa shape index (κ1) is 18.3. The molecule has 7 heteroatoms. The van der Waals surface area contributed by atoms with Crippen molar-refractivity contribution >= 4 is 17.2 Å². The maximum Gasteiger partial charge on any atom is 0.252 e. The second-order valence-corrected chi connectivity index (χ2v) is 5.95. The monoisotopic (exact) mass is 380 g/mol. The van der Waals surface area contributed by atoms with Crippen molar-refractivity contribution in [2.24, 2.45) is 5.92 Å². The summed E-state index contributed by atoms with van der Waals surface area (Å²) in [5.74, 6) is 0.101. The molecule has 0 aliphatic rings. The predicted octanol–water partition coefficient (Wildman–Crippen LogP) is 2.67. The second-order valence-electron chi connectivity index (χ2n) is 5.17. The number of carbonyl (C=O) groups is 1. The Kier molecular flexibility index (Phi) is 6.56. The maximum absolute atomic E-state index is 12.3. The van der Waals surface area contributed by atoms with Crippen LogP contribution in [0.2, 0.25) is 0 Å². The van der Waals surface area contributed by atoms with Crippen molar-refractivity contribution in [3.63, 3.8) is 0 Å². The molecule has 0 saturated carbocycles. The average Bonchev–Trinajstić information content (AvgIpc) is 3.09. The molecule has 0 unspecified atom stereocenters. The van der Waals surface area contributed by atoms with E-state index in [1.54, 1.807) is 4.68 Å². The van der Waals surface area contributed by atoms with E-state index in [2.05, 4.69) is 29.5 Å². The van der Waals surface area contributed by atoms with Crippen molar-refractivity contribution < 1.29 is 37.5 Å². The minimum Gasteiger partial charge on any atom is -0.385 e. The zero-order valence-electron chi connectivity index (χ0n) is 12.7. The van der Waals surface area contributed by atoms with E-state index in [0.717, 1.165) is 5.69 Å². The molecular formula is C14H19N4OSY-. The Morgan fingerprint density at radius 1 is 1.52 bits per heavy atom. The van der Waals surface area contributed by atoms with Crippen molar-refractivity contribution in [2.45, 2.75) is 33.2 Å². The Morgan fingerprint density at radius 2 is 2.24 bits per heavy atom. The summed E-state index contributed by atoms with van der Waals surface area (Å²) in [4.78, 5) is 12.3. The number of nitrogens with one attached hydrogen (secondary N) is 1. The van der Waals surface area contributed by atoms with Gasteiger partial charge in [0.25, 0.3) is 5.91 Å². The molecular weight excluding hydrogens is 361 g/mol. The first-order valence-electron chi connectivity index (χ1n) is 6.54. The second kappa shape index (κ2) is 7.52. The van der Waals surface area contributed by atoms with Gasteiger partial charge in [-0.3, -0.25) is 4.79 Å². The number of nitrogens with zero attached hydrogens (tertiary/aromatic N) is 3. The molecule has 2 aromatic rings. The molecule has 0 spiro atoms. The third-order valence-corrected chi connectivity index (χ3v) is 4.30. The third kappa shape index (κ3) is 3.93. The molecule has 1 atom stereocenters. The number of hydrogen-bond donors (Lipinski definition) is 1. The fourth-order valence-electron chi connectivity index (χ4n) is 1.85. The van der Waals surface area contributed by atoms with E-state index in [1.807, 2.05) is 43.4 Å². The summed E-state index contributed by atoms with van der Waals surface area (Å²) >= 11 is 1.51. The number of aromatic nitrogens is 3. The quantitative estimate of drug-likeness (QED) is 0.812. The van der Waals surface area contributed by atoms with Gasteiger partial charge < -0.3 is 10.00 Å². The molecule has 21 heavy (non-hydrogen) atoms. The molecule has 0 fully saturated rings. The van der Waals surface area contributed by atoms with Crippen LogP contribution in [0.5, 0.6) is 0 Å². The van der Waals surface area contributed by atoms with E-state index in [0.29, 0.717) is 5.56 Å². The average molecular weight is 380 g/mol. The van der Waals surface area contributed by atoms with E-state index in [1.165, 1.54) is 11.3 Å². The van der Waals surface area contributed by atoms with Gasteiger partial charge in [0.05, 0.1) is 11.1 Å². The smallest absolute Gasteiger partial charge is 0.252 e. The standard InChI is InChI=1S/C14H19N4OS.Y/c1-5-18-8-12(16-17-18)14(4,10(2)3)15-13(19)11-6-7-20-9-11;/h5-10H,1-4H3,(H,15,19);/q-1;/t14-;/m0./s1. The van der Waals surface area contributed by atoms with Gasteiger partial charge in [0.15, 0.2) is 0 Å². The normalized spacial score (nSPS) is 13.4. The van der Waals surface area contributed by atoms with Crippen LogP contribution in [-0.4, -0.2) is 20.9 Å². The SMILES string of the molecule is C[CH-]n1cc([C@@](C)(NC(=O)c2ccsc2)C(C)C)nn1.[Y]. The minimum atomic E-state index is -0.555. The van der Waals surface area contributed by atoms with Gasteiger partial charge >= 0.3 is 0 Å². The molecule has 0 saturated heterocycles. The summed E-state index contributed by atoms with van der Waals surface area (Å²) < 4.78 is 1.65. The van der Waals surface area contributed by atoms with Gasteiger partial charge in [-0.15, -0.1) is 6.54 Å². The molecule has 1 N–H and O–H groups in total. The van der Waals surface area contributed by atoms with Crippen LogP contribution in [0.1, 0.15) is 43.7 Å². The summed E-state index contributed by atoms with van der Waals surface area (Å²) in [6.45, 7) is 9.80. The summed E-state index contributed by atoms with van der Waals surface area (Å²) in [5, 5.41) is 15.0. The largest absolute Gasteiger partial charge is 0.385 e. The molecule has 5 nitrogen and oxygen atoms in total. The van der Waals surface area contributed by atoms with Gasteiger partial charge in [-0.25, -0.2) is 0 Å². The first-order chi connectivity index (χ1) is 9.47. The number of thiophene rings is 1. The molecule has 111 valence electrons. The Balaban J connectivity index is 0.00000220. The number of rotatable bonds is 5. The van der Waals surface area contributed by atoms with Gasteiger partial charge in [0, 0.05) is 43.8 Å². The maximum atomic E-state index is 12.3. The van der Waals surface area contributed by atoms with Crippen molar-refractivity contribution in [1.82, 2.24) is 20.3 Å². The van der Waals surface area contributed by atoms with Crippen LogP contribution in [0.3, 0.4) is 0 Å².